The van der Waals surface area contributed by atoms with Gasteiger partial charge in [0.15, 0.2) is 0 Å². The van der Waals surface area contributed by atoms with Crippen molar-refractivity contribution >= 4 is 11.6 Å². The first-order chi connectivity index (χ1) is 6.84. The van der Waals surface area contributed by atoms with Crippen molar-refractivity contribution < 1.29 is 0 Å². The fourth-order valence-corrected chi connectivity index (χ4v) is 1.58. The number of nitrogens with zero attached hydrogens (tertiary/aromatic N) is 2. The molecule has 2 rings (SSSR count). The van der Waals surface area contributed by atoms with Gasteiger partial charge < -0.3 is 11.1 Å². The van der Waals surface area contributed by atoms with Crippen LogP contribution in [0.2, 0.25) is 0 Å². The Labute approximate surface area is 83.3 Å². The van der Waals surface area contributed by atoms with Crippen LogP contribution in [0, 0.1) is 0 Å². The van der Waals surface area contributed by atoms with Gasteiger partial charge in [-0.1, -0.05) is 12.2 Å². The van der Waals surface area contributed by atoms with E-state index in [1.807, 2.05) is 0 Å². The van der Waals surface area contributed by atoms with Crippen molar-refractivity contribution in [3.05, 3.63) is 24.5 Å². The van der Waals surface area contributed by atoms with Crippen LogP contribution >= 0.6 is 0 Å². The van der Waals surface area contributed by atoms with Crippen LogP contribution in [0.1, 0.15) is 19.3 Å². The second-order valence-electron chi connectivity index (χ2n) is 3.45. The van der Waals surface area contributed by atoms with Crippen molar-refractivity contribution in [2.24, 2.45) is 0 Å². The molecule has 74 valence electrons. The number of anilines is 2. The normalized spacial score (nSPS) is 20.7. The molecule has 0 spiro atoms. The molecule has 0 fully saturated rings. The summed E-state index contributed by atoms with van der Waals surface area (Å²) in [7, 11) is 0. The molecule has 0 saturated heterocycles. The molecule has 14 heavy (non-hydrogen) atoms. The van der Waals surface area contributed by atoms with Gasteiger partial charge >= 0.3 is 0 Å². The summed E-state index contributed by atoms with van der Waals surface area (Å²) in [6.45, 7) is 0. The van der Waals surface area contributed by atoms with E-state index in [2.05, 4.69) is 27.4 Å². The number of hydrogen-bond acceptors (Lipinski definition) is 4. The van der Waals surface area contributed by atoms with Crippen molar-refractivity contribution in [2.45, 2.75) is 25.3 Å². The van der Waals surface area contributed by atoms with Gasteiger partial charge in [0.2, 0.25) is 0 Å². The molecule has 0 aliphatic heterocycles. The molecule has 0 amide bonds. The number of allylic oxidation sites excluding steroid dienone is 1. The van der Waals surface area contributed by atoms with E-state index in [0.717, 1.165) is 25.1 Å². The molecule has 1 aromatic rings. The second kappa shape index (κ2) is 4.09. The molecule has 0 radical (unpaired) electrons. The topological polar surface area (TPSA) is 63.8 Å². The minimum atomic E-state index is 0.460. The molecule has 1 unspecified atom stereocenters. The maximum Gasteiger partial charge on any atom is 0.147 e. The molecule has 1 aromatic heterocycles. The van der Waals surface area contributed by atoms with E-state index < -0.39 is 0 Å². The van der Waals surface area contributed by atoms with Gasteiger partial charge in [-0.15, -0.1) is 0 Å². The highest BCUT2D eigenvalue weighted by Gasteiger charge is 2.09. The molecule has 4 nitrogen and oxygen atoms in total. The van der Waals surface area contributed by atoms with Crippen molar-refractivity contribution in [1.29, 1.82) is 0 Å². The molecule has 4 heteroatoms. The molecule has 3 N–H and O–H groups in total. The SMILES string of the molecule is Nc1cncc(NC2CC=CCC2)n1. The molecular formula is C10H14N4. The van der Waals surface area contributed by atoms with Crippen LogP contribution in [0.4, 0.5) is 11.6 Å². The second-order valence-corrected chi connectivity index (χ2v) is 3.45. The van der Waals surface area contributed by atoms with Crippen LogP contribution in [-0.2, 0) is 0 Å². The summed E-state index contributed by atoms with van der Waals surface area (Å²) in [5.41, 5.74) is 5.54. The van der Waals surface area contributed by atoms with E-state index in [1.165, 1.54) is 0 Å². The van der Waals surface area contributed by atoms with Crippen LogP contribution < -0.4 is 11.1 Å². The lowest BCUT2D eigenvalue weighted by Gasteiger charge is -2.19. The van der Waals surface area contributed by atoms with Crippen LogP contribution in [0.5, 0.6) is 0 Å². The summed E-state index contributed by atoms with van der Waals surface area (Å²) >= 11 is 0. The fourth-order valence-electron chi connectivity index (χ4n) is 1.58. The van der Waals surface area contributed by atoms with Crippen LogP contribution in [0.25, 0.3) is 0 Å². The Morgan fingerprint density at radius 3 is 3.00 bits per heavy atom. The Hall–Kier alpha value is -1.58. The number of rotatable bonds is 2. The molecule has 0 saturated carbocycles. The quantitative estimate of drug-likeness (QED) is 0.695. The first kappa shape index (κ1) is 8.99. The smallest absolute Gasteiger partial charge is 0.147 e. The van der Waals surface area contributed by atoms with Gasteiger partial charge in [0.1, 0.15) is 11.6 Å². The van der Waals surface area contributed by atoms with Crippen LogP contribution in [-0.4, -0.2) is 16.0 Å². The highest BCUT2D eigenvalue weighted by Crippen LogP contribution is 2.15. The molecule has 1 aliphatic rings. The summed E-state index contributed by atoms with van der Waals surface area (Å²) < 4.78 is 0. The van der Waals surface area contributed by atoms with E-state index in [9.17, 15) is 0 Å². The van der Waals surface area contributed by atoms with E-state index in [-0.39, 0.29) is 0 Å². The van der Waals surface area contributed by atoms with Gasteiger partial charge in [0.05, 0.1) is 12.4 Å². The zero-order valence-electron chi connectivity index (χ0n) is 7.98. The average molecular weight is 190 g/mol. The Morgan fingerprint density at radius 2 is 2.29 bits per heavy atom. The number of nitrogens with two attached hydrogens (primary N) is 1. The first-order valence-corrected chi connectivity index (χ1v) is 4.83. The zero-order valence-corrected chi connectivity index (χ0v) is 7.98. The maximum atomic E-state index is 5.54. The highest BCUT2D eigenvalue weighted by atomic mass is 15.1. The summed E-state index contributed by atoms with van der Waals surface area (Å²) in [6.07, 6.45) is 11.0. The molecule has 1 aliphatic carbocycles. The monoisotopic (exact) mass is 190 g/mol. The van der Waals surface area contributed by atoms with Gasteiger partial charge in [-0.25, -0.2) is 4.98 Å². The Morgan fingerprint density at radius 1 is 1.36 bits per heavy atom. The molecule has 0 bridgehead atoms. The van der Waals surface area contributed by atoms with E-state index in [1.54, 1.807) is 12.4 Å². The summed E-state index contributed by atoms with van der Waals surface area (Å²) in [6, 6.07) is 0.469. The third-order valence-corrected chi connectivity index (χ3v) is 2.27. The molecule has 0 aromatic carbocycles. The van der Waals surface area contributed by atoms with Crippen molar-refractivity contribution in [3.8, 4) is 0 Å². The average Bonchev–Trinajstić information content (AvgIpc) is 2.19. The number of aromatic nitrogens is 2. The number of hydrogen-bond donors (Lipinski definition) is 2. The van der Waals surface area contributed by atoms with Crippen molar-refractivity contribution in [3.63, 3.8) is 0 Å². The summed E-state index contributed by atoms with van der Waals surface area (Å²) in [5, 5.41) is 3.32. The Bertz CT molecular complexity index is 335. The Kier molecular flexibility index (Phi) is 2.62. The predicted octanol–water partition coefficient (Wildman–Crippen LogP) is 1.58. The van der Waals surface area contributed by atoms with Gasteiger partial charge in [0.25, 0.3) is 0 Å². The van der Waals surface area contributed by atoms with E-state index in [0.29, 0.717) is 11.9 Å². The van der Waals surface area contributed by atoms with Crippen molar-refractivity contribution in [2.75, 3.05) is 11.1 Å². The number of nitrogen functional groups attached to an aromatic ring is 1. The highest BCUT2D eigenvalue weighted by molar-refractivity contribution is 5.39. The maximum absolute atomic E-state index is 5.54. The molecular weight excluding hydrogens is 176 g/mol. The standard InChI is InChI=1S/C10H14N4/c11-9-6-12-7-10(14-9)13-8-4-2-1-3-5-8/h1-2,6-8H,3-5H2,(H3,11,13,14). The zero-order chi connectivity index (χ0) is 9.80. The molecule has 1 atom stereocenters. The van der Waals surface area contributed by atoms with Crippen LogP contribution in [0.3, 0.4) is 0 Å². The third kappa shape index (κ3) is 2.22. The van der Waals surface area contributed by atoms with Gasteiger partial charge in [-0.05, 0) is 19.3 Å². The largest absolute Gasteiger partial charge is 0.382 e. The van der Waals surface area contributed by atoms with E-state index >= 15 is 0 Å². The third-order valence-electron chi connectivity index (χ3n) is 2.27. The summed E-state index contributed by atoms with van der Waals surface area (Å²) in [4.78, 5) is 8.13. The lowest BCUT2D eigenvalue weighted by Crippen LogP contribution is -2.21. The predicted molar refractivity (Wildman–Crippen MR) is 56.8 cm³/mol. The van der Waals surface area contributed by atoms with Crippen molar-refractivity contribution in [1.82, 2.24) is 9.97 Å². The van der Waals surface area contributed by atoms with Gasteiger partial charge in [-0.3, -0.25) is 4.98 Å². The lowest BCUT2D eigenvalue weighted by atomic mass is 10.0. The minimum absolute atomic E-state index is 0.460. The fraction of sp³-hybridized carbons (Fsp3) is 0.400. The Balaban J connectivity index is 1.99. The van der Waals surface area contributed by atoms with Gasteiger partial charge in [0, 0.05) is 6.04 Å². The summed E-state index contributed by atoms with van der Waals surface area (Å²) in [5.74, 6) is 1.23. The lowest BCUT2D eigenvalue weighted by molar-refractivity contribution is 0.642. The number of nitrogens with one attached hydrogen (secondary N) is 1. The van der Waals surface area contributed by atoms with Crippen LogP contribution in [0.15, 0.2) is 24.5 Å². The first-order valence-electron chi connectivity index (χ1n) is 4.83. The minimum Gasteiger partial charge on any atom is -0.382 e. The van der Waals surface area contributed by atoms with E-state index in [4.69, 9.17) is 5.73 Å². The van der Waals surface area contributed by atoms with Gasteiger partial charge in [-0.2, -0.15) is 0 Å². The molecule has 1 heterocycles.